The molecule has 3 aromatic rings. The Bertz CT molecular complexity index is 944. The van der Waals surface area contributed by atoms with Crippen molar-refractivity contribution in [3.63, 3.8) is 0 Å². The largest absolute Gasteiger partial charge is 0.342 e. The molecule has 0 bridgehead atoms. The van der Waals surface area contributed by atoms with Crippen LogP contribution >= 0.6 is 11.6 Å². The molecule has 2 aromatic heterocycles. The van der Waals surface area contributed by atoms with Crippen LogP contribution in [0.4, 0.5) is 0 Å². The summed E-state index contributed by atoms with van der Waals surface area (Å²) < 4.78 is 1.57. The van der Waals surface area contributed by atoms with Crippen molar-refractivity contribution in [3.05, 3.63) is 46.5 Å². The molecular weight excluding hydrogens is 338 g/mol. The second-order valence-electron chi connectivity index (χ2n) is 6.68. The van der Waals surface area contributed by atoms with Crippen LogP contribution in [0.1, 0.15) is 40.6 Å². The molecule has 1 aliphatic rings. The number of para-hydroxylation sites is 1. The second-order valence-corrected chi connectivity index (χ2v) is 7.09. The normalized spacial score (nSPS) is 18.0. The molecule has 1 aliphatic heterocycles. The molecule has 3 heterocycles. The molecule has 25 heavy (non-hydrogen) atoms. The third kappa shape index (κ3) is 2.91. The number of nitrogens with one attached hydrogen (secondary N) is 1. The molecule has 1 N–H and O–H groups in total. The number of hydrogen-bond acceptors (Lipinski definition) is 3. The number of H-pyrrole nitrogens is 1. The average Bonchev–Trinajstić information content (AvgIpc) is 3.18. The minimum Gasteiger partial charge on any atom is -0.342 e. The van der Waals surface area contributed by atoms with E-state index < -0.39 is 0 Å². The van der Waals surface area contributed by atoms with Gasteiger partial charge in [0.05, 0.1) is 16.1 Å². The van der Waals surface area contributed by atoms with Gasteiger partial charge in [-0.3, -0.25) is 9.48 Å². The van der Waals surface area contributed by atoms with Crippen LogP contribution < -0.4 is 0 Å². The fraction of sp³-hybridized carbons (Fsp3) is 0.389. The van der Waals surface area contributed by atoms with E-state index in [2.05, 4.69) is 23.1 Å². The fourth-order valence-electron chi connectivity index (χ4n) is 3.53. The average molecular weight is 358 g/mol. The van der Waals surface area contributed by atoms with Crippen molar-refractivity contribution in [2.24, 2.45) is 7.05 Å². The Hall–Kier alpha value is -2.34. The summed E-state index contributed by atoms with van der Waals surface area (Å²) in [5, 5.41) is 4.60. The van der Waals surface area contributed by atoms with Crippen molar-refractivity contribution >= 4 is 28.5 Å². The van der Waals surface area contributed by atoms with E-state index in [-0.39, 0.29) is 11.8 Å². The van der Waals surface area contributed by atoms with Gasteiger partial charge in [0.25, 0.3) is 5.91 Å². The molecule has 0 saturated carbocycles. The molecule has 1 aromatic carbocycles. The summed E-state index contributed by atoms with van der Waals surface area (Å²) in [6.07, 6.45) is 3.60. The number of likely N-dealkylation sites (tertiary alicyclic amines) is 1. The van der Waals surface area contributed by atoms with Gasteiger partial charge in [0, 0.05) is 32.3 Å². The summed E-state index contributed by atoms with van der Waals surface area (Å²) in [5.74, 6) is 1.04. The van der Waals surface area contributed by atoms with Gasteiger partial charge in [-0.25, -0.2) is 4.98 Å². The highest BCUT2D eigenvalue weighted by atomic mass is 35.5. The molecule has 7 heteroatoms. The fourth-order valence-corrected chi connectivity index (χ4v) is 3.79. The summed E-state index contributed by atoms with van der Waals surface area (Å²) in [6.45, 7) is 3.42. The Morgan fingerprint density at radius 2 is 2.24 bits per heavy atom. The number of aromatic amines is 1. The molecule has 4 rings (SSSR count). The molecule has 0 radical (unpaired) electrons. The van der Waals surface area contributed by atoms with E-state index in [0.29, 0.717) is 17.3 Å². The number of aromatic nitrogens is 4. The van der Waals surface area contributed by atoms with Gasteiger partial charge in [-0.05, 0) is 31.4 Å². The molecule has 130 valence electrons. The first-order chi connectivity index (χ1) is 12.0. The second kappa shape index (κ2) is 6.19. The predicted octanol–water partition coefficient (Wildman–Crippen LogP) is 3.28. The molecule has 1 saturated heterocycles. The minimum atomic E-state index is -0.109. The van der Waals surface area contributed by atoms with Gasteiger partial charge >= 0.3 is 0 Å². The first-order valence-electron chi connectivity index (χ1n) is 8.46. The third-order valence-electron chi connectivity index (χ3n) is 4.81. The van der Waals surface area contributed by atoms with Gasteiger partial charge in [0.15, 0.2) is 5.69 Å². The maximum Gasteiger partial charge on any atom is 0.275 e. The van der Waals surface area contributed by atoms with Crippen molar-refractivity contribution < 1.29 is 4.79 Å². The highest BCUT2D eigenvalue weighted by Gasteiger charge is 2.29. The van der Waals surface area contributed by atoms with Crippen LogP contribution in [0.5, 0.6) is 0 Å². The van der Waals surface area contributed by atoms with Gasteiger partial charge in [0.1, 0.15) is 5.82 Å². The van der Waals surface area contributed by atoms with Gasteiger partial charge in [0.2, 0.25) is 0 Å². The first kappa shape index (κ1) is 16.1. The van der Waals surface area contributed by atoms with Gasteiger partial charge < -0.3 is 9.88 Å². The van der Waals surface area contributed by atoms with Crippen molar-refractivity contribution in [2.45, 2.75) is 25.7 Å². The zero-order chi connectivity index (χ0) is 17.6. The smallest absolute Gasteiger partial charge is 0.275 e. The van der Waals surface area contributed by atoms with E-state index in [1.165, 1.54) is 0 Å². The standard InChI is InChI=1S/C18H20ClN5O/c1-11-5-3-7-14-15(11)21-17(20-14)12-6-4-8-24(9-12)18(25)16-13(19)10-23(2)22-16/h3,5,7,10,12H,4,6,8-9H2,1-2H3,(H,20,21)/t12-/m1/s1. The zero-order valence-corrected chi connectivity index (χ0v) is 15.0. The number of rotatable bonds is 2. The highest BCUT2D eigenvalue weighted by molar-refractivity contribution is 6.33. The zero-order valence-electron chi connectivity index (χ0n) is 14.3. The summed E-state index contributed by atoms with van der Waals surface area (Å²) in [5.41, 5.74) is 3.54. The predicted molar refractivity (Wildman–Crippen MR) is 96.9 cm³/mol. The molecule has 0 spiro atoms. The minimum absolute atomic E-state index is 0.109. The monoisotopic (exact) mass is 357 g/mol. The van der Waals surface area contributed by atoms with Crippen LogP contribution in [-0.4, -0.2) is 43.6 Å². The molecule has 0 unspecified atom stereocenters. The Morgan fingerprint density at radius 3 is 2.96 bits per heavy atom. The SMILES string of the molecule is Cc1cccc2[nH]c([C@@H]3CCCN(C(=O)c4nn(C)cc4Cl)C3)nc12. The number of halogens is 1. The van der Waals surface area contributed by atoms with Crippen LogP contribution in [0.15, 0.2) is 24.4 Å². The number of amides is 1. The maximum atomic E-state index is 12.8. The van der Waals surface area contributed by atoms with E-state index in [1.54, 1.807) is 17.9 Å². The van der Waals surface area contributed by atoms with Gasteiger partial charge in [-0.15, -0.1) is 0 Å². The Labute approximate surface area is 150 Å². The summed E-state index contributed by atoms with van der Waals surface area (Å²) in [4.78, 5) is 22.8. The van der Waals surface area contributed by atoms with Crippen LogP contribution in [-0.2, 0) is 7.05 Å². The molecule has 6 nitrogen and oxygen atoms in total. The van der Waals surface area contributed by atoms with E-state index in [0.717, 1.165) is 41.8 Å². The van der Waals surface area contributed by atoms with Gasteiger partial charge in [-0.2, -0.15) is 5.10 Å². The number of hydrogen-bond donors (Lipinski definition) is 1. The Kier molecular flexibility index (Phi) is 4.00. The Morgan fingerprint density at radius 1 is 1.40 bits per heavy atom. The number of carbonyl (C=O) groups excluding carboxylic acids is 1. The number of carbonyl (C=O) groups is 1. The topological polar surface area (TPSA) is 66.8 Å². The molecular formula is C18H20ClN5O. The molecule has 1 fully saturated rings. The number of nitrogens with zero attached hydrogens (tertiary/aromatic N) is 4. The molecule has 1 atom stereocenters. The number of piperidine rings is 1. The van der Waals surface area contributed by atoms with Crippen LogP contribution in [0.3, 0.4) is 0 Å². The van der Waals surface area contributed by atoms with Crippen LogP contribution in [0.2, 0.25) is 5.02 Å². The van der Waals surface area contributed by atoms with E-state index in [1.807, 2.05) is 17.0 Å². The summed E-state index contributed by atoms with van der Waals surface area (Å²) in [7, 11) is 1.76. The van der Waals surface area contributed by atoms with Crippen molar-refractivity contribution in [1.29, 1.82) is 0 Å². The maximum absolute atomic E-state index is 12.8. The Balaban J connectivity index is 1.59. The van der Waals surface area contributed by atoms with Crippen molar-refractivity contribution in [3.8, 4) is 0 Å². The summed E-state index contributed by atoms with van der Waals surface area (Å²) >= 11 is 6.13. The number of benzene rings is 1. The van der Waals surface area contributed by atoms with Crippen LogP contribution in [0, 0.1) is 6.92 Å². The lowest BCUT2D eigenvalue weighted by molar-refractivity contribution is 0.0698. The van der Waals surface area contributed by atoms with Crippen molar-refractivity contribution in [2.75, 3.05) is 13.1 Å². The van der Waals surface area contributed by atoms with Crippen LogP contribution in [0.25, 0.3) is 11.0 Å². The van der Waals surface area contributed by atoms with E-state index in [9.17, 15) is 4.79 Å². The lowest BCUT2D eigenvalue weighted by Gasteiger charge is -2.31. The lowest BCUT2D eigenvalue weighted by Crippen LogP contribution is -2.39. The lowest BCUT2D eigenvalue weighted by atomic mass is 9.97. The van der Waals surface area contributed by atoms with E-state index in [4.69, 9.17) is 16.6 Å². The quantitative estimate of drug-likeness (QED) is 0.765. The number of imidazole rings is 1. The number of aryl methyl sites for hydroxylation is 2. The number of fused-ring (bicyclic) bond motifs is 1. The molecule has 0 aliphatic carbocycles. The van der Waals surface area contributed by atoms with Crippen molar-refractivity contribution in [1.82, 2.24) is 24.6 Å². The highest BCUT2D eigenvalue weighted by Crippen LogP contribution is 2.29. The summed E-state index contributed by atoms with van der Waals surface area (Å²) in [6, 6.07) is 6.13. The van der Waals surface area contributed by atoms with Gasteiger partial charge in [-0.1, -0.05) is 23.7 Å². The molecule has 1 amide bonds. The first-order valence-corrected chi connectivity index (χ1v) is 8.84. The van der Waals surface area contributed by atoms with E-state index >= 15 is 0 Å². The third-order valence-corrected chi connectivity index (χ3v) is 5.09.